The van der Waals surface area contributed by atoms with Gasteiger partial charge in [0, 0.05) is 24.7 Å². The van der Waals surface area contributed by atoms with Crippen molar-refractivity contribution in [2.45, 2.75) is 13.8 Å². The van der Waals surface area contributed by atoms with E-state index in [0.29, 0.717) is 6.61 Å². The van der Waals surface area contributed by atoms with Crippen LogP contribution in [0.15, 0.2) is 18.2 Å². The third kappa shape index (κ3) is 5.91. The van der Waals surface area contributed by atoms with Crippen LogP contribution in [0.2, 0.25) is 5.02 Å². The molecule has 0 heterocycles. The van der Waals surface area contributed by atoms with Gasteiger partial charge in [0.1, 0.15) is 12.4 Å². The lowest BCUT2D eigenvalue weighted by molar-refractivity contribution is 0.148. The van der Waals surface area contributed by atoms with Crippen LogP contribution in [0.3, 0.4) is 0 Å². The van der Waals surface area contributed by atoms with Crippen LogP contribution < -0.4 is 10.1 Å². The number of ether oxygens (including phenoxy) is 2. The minimum atomic E-state index is 0.646. The zero-order valence-electron chi connectivity index (χ0n) is 10.5. The van der Waals surface area contributed by atoms with Gasteiger partial charge in [-0.25, -0.2) is 0 Å². The summed E-state index contributed by atoms with van der Waals surface area (Å²) in [6.45, 7) is 7.79. The number of hydrogen-bond acceptors (Lipinski definition) is 3. The molecule has 0 saturated heterocycles. The molecule has 0 aromatic heterocycles. The highest BCUT2D eigenvalue weighted by Gasteiger charge is 1.98. The molecule has 0 aliphatic rings. The van der Waals surface area contributed by atoms with E-state index >= 15 is 0 Å². The predicted molar refractivity (Wildman–Crippen MR) is 71.0 cm³/mol. The van der Waals surface area contributed by atoms with Crippen LogP contribution in [0.1, 0.15) is 12.5 Å². The summed E-state index contributed by atoms with van der Waals surface area (Å²) >= 11 is 5.93. The van der Waals surface area contributed by atoms with Crippen LogP contribution >= 0.6 is 11.6 Å². The van der Waals surface area contributed by atoms with E-state index in [0.717, 1.165) is 42.6 Å². The van der Waals surface area contributed by atoms with Gasteiger partial charge < -0.3 is 14.8 Å². The third-order valence-corrected chi connectivity index (χ3v) is 2.73. The first-order valence-electron chi connectivity index (χ1n) is 5.91. The van der Waals surface area contributed by atoms with E-state index in [1.165, 1.54) is 0 Å². The minimum absolute atomic E-state index is 0.646. The van der Waals surface area contributed by atoms with Crippen molar-refractivity contribution < 1.29 is 9.47 Å². The Morgan fingerprint density at radius 2 is 2.00 bits per heavy atom. The second-order valence-electron chi connectivity index (χ2n) is 3.71. The monoisotopic (exact) mass is 257 g/mol. The molecule has 0 fully saturated rings. The van der Waals surface area contributed by atoms with E-state index < -0.39 is 0 Å². The highest BCUT2D eigenvalue weighted by molar-refractivity contribution is 6.31. The van der Waals surface area contributed by atoms with Crippen LogP contribution in [-0.2, 0) is 4.74 Å². The molecule has 0 saturated carbocycles. The van der Waals surface area contributed by atoms with Crippen LogP contribution in [0.5, 0.6) is 5.75 Å². The molecule has 4 heteroatoms. The fraction of sp³-hybridized carbons (Fsp3) is 0.538. The average molecular weight is 258 g/mol. The van der Waals surface area contributed by atoms with Crippen LogP contribution in [0, 0.1) is 6.92 Å². The van der Waals surface area contributed by atoms with Crippen molar-refractivity contribution >= 4 is 11.6 Å². The van der Waals surface area contributed by atoms with Gasteiger partial charge in [-0.3, -0.25) is 0 Å². The van der Waals surface area contributed by atoms with Crippen molar-refractivity contribution in [1.82, 2.24) is 5.32 Å². The number of hydrogen-bond donors (Lipinski definition) is 1. The fourth-order valence-electron chi connectivity index (χ4n) is 1.36. The zero-order chi connectivity index (χ0) is 12.5. The zero-order valence-corrected chi connectivity index (χ0v) is 11.2. The Bertz CT molecular complexity index is 331. The Kier molecular flexibility index (Phi) is 7.01. The molecule has 1 aromatic rings. The SMILES string of the molecule is CCOCCNCCOc1ccc(Cl)c(C)c1. The Morgan fingerprint density at radius 3 is 2.71 bits per heavy atom. The van der Waals surface area contributed by atoms with Gasteiger partial charge in [-0.15, -0.1) is 0 Å². The van der Waals surface area contributed by atoms with Gasteiger partial charge in [-0.05, 0) is 37.6 Å². The smallest absolute Gasteiger partial charge is 0.119 e. The molecule has 1 aromatic carbocycles. The number of halogens is 1. The molecule has 17 heavy (non-hydrogen) atoms. The molecule has 0 unspecified atom stereocenters. The summed E-state index contributed by atoms with van der Waals surface area (Å²) in [5.74, 6) is 0.860. The van der Waals surface area contributed by atoms with E-state index in [4.69, 9.17) is 21.1 Å². The molecule has 1 N–H and O–H groups in total. The topological polar surface area (TPSA) is 30.5 Å². The van der Waals surface area contributed by atoms with Crippen molar-refractivity contribution in [2.24, 2.45) is 0 Å². The molecule has 3 nitrogen and oxygen atoms in total. The van der Waals surface area contributed by atoms with E-state index in [9.17, 15) is 0 Å². The summed E-state index contributed by atoms with van der Waals surface area (Å²) in [5, 5.41) is 4.01. The molecular formula is C13H20ClNO2. The molecule has 96 valence electrons. The number of benzene rings is 1. The van der Waals surface area contributed by atoms with Crippen LogP contribution in [0.25, 0.3) is 0 Å². The second kappa shape index (κ2) is 8.34. The van der Waals surface area contributed by atoms with Gasteiger partial charge in [-0.1, -0.05) is 11.6 Å². The summed E-state index contributed by atoms with van der Waals surface area (Å²) in [4.78, 5) is 0. The summed E-state index contributed by atoms with van der Waals surface area (Å²) in [5.41, 5.74) is 1.04. The second-order valence-corrected chi connectivity index (χ2v) is 4.11. The van der Waals surface area contributed by atoms with E-state index in [-0.39, 0.29) is 0 Å². The molecule has 0 amide bonds. The summed E-state index contributed by atoms with van der Waals surface area (Å²) < 4.78 is 10.8. The first kappa shape index (κ1) is 14.3. The largest absolute Gasteiger partial charge is 0.492 e. The lowest BCUT2D eigenvalue weighted by atomic mass is 10.2. The maximum Gasteiger partial charge on any atom is 0.119 e. The van der Waals surface area contributed by atoms with Gasteiger partial charge in [0.15, 0.2) is 0 Å². The molecule has 0 atom stereocenters. The number of rotatable bonds is 8. The molecule has 0 radical (unpaired) electrons. The quantitative estimate of drug-likeness (QED) is 0.727. The van der Waals surface area contributed by atoms with Crippen molar-refractivity contribution in [3.63, 3.8) is 0 Å². The molecule has 0 aliphatic carbocycles. The molecule has 0 aliphatic heterocycles. The number of aryl methyl sites for hydroxylation is 1. The van der Waals surface area contributed by atoms with E-state index in [2.05, 4.69) is 5.32 Å². The Labute approximate surface area is 108 Å². The Morgan fingerprint density at radius 1 is 1.24 bits per heavy atom. The van der Waals surface area contributed by atoms with Gasteiger partial charge in [0.2, 0.25) is 0 Å². The molecular weight excluding hydrogens is 238 g/mol. The lowest BCUT2D eigenvalue weighted by Crippen LogP contribution is -2.25. The number of nitrogens with one attached hydrogen (secondary N) is 1. The summed E-state index contributed by atoms with van der Waals surface area (Å²) in [7, 11) is 0. The van der Waals surface area contributed by atoms with Crippen molar-refractivity contribution in [2.75, 3.05) is 32.9 Å². The maximum atomic E-state index is 5.93. The maximum absolute atomic E-state index is 5.93. The normalized spacial score (nSPS) is 10.5. The van der Waals surface area contributed by atoms with Crippen molar-refractivity contribution in [3.8, 4) is 5.75 Å². The molecule has 0 spiro atoms. The van der Waals surface area contributed by atoms with Gasteiger partial charge >= 0.3 is 0 Å². The average Bonchev–Trinajstić information content (AvgIpc) is 2.32. The van der Waals surface area contributed by atoms with E-state index in [1.807, 2.05) is 32.0 Å². The fourth-order valence-corrected chi connectivity index (χ4v) is 1.48. The van der Waals surface area contributed by atoms with Crippen molar-refractivity contribution in [3.05, 3.63) is 28.8 Å². The Balaban J connectivity index is 2.11. The van der Waals surface area contributed by atoms with Gasteiger partial charge in [0.05, 0.1) is 6.61 Å². The highest BCUT2D eigenvalue weighted by Crippen LogP contribution is 2.20. The van der Waals surface area contributed by atoms with E-state index in [1.54, 1.807) is 0 Å². The van der Waals surface area contributed by atoms with Gasteiger partial charge in [0.25, 0.3) is 0 Å². The summed E-state index contributed by atoms with van der Waals surface area (Å²) in [6, 6.07) is 5.69. The first-order chi connectivity index (χ1) is 8.24. The van der Waals surface area contributed by atoms with Crippen LogP contribution in [0.4, 0.5) is 0 Å². The predicted octanol–water partition coefficient (Wildman–Crippen LogP) is 2.65. The molecule has 1 rings (SSSR count). The lowest BCUT2D eigenvalue weighted by Gasteiger charge is -2.08. The minimum Gasteiger partial charge on any atom is -0.492 e. The van der Waals surface area contributed by atoms with Crippen LogP contribution in [-0.4, -0.2) is 32.9 Å². The highest BCUT2D eigenvalue weighted by atomic mass is 35.5. The van der Waals surface area contributed by atoms with Gasteiger partial charge in [-0.2, -0.15) is 0 Å². The first-order valence-corrected chi connectivity index (χ1v) is 6.29. The standard InChI is InChI=1S/C13H20ClNO2/c1-3-16-8-6-15-7-9-17-12-4-5-13(14)11(2)10-12/h4-5,10,15H,3,6-9H2,1-2H3. The van der Waals surface area contributed by atoms with Crippen molar-refractivity contribution in [1.29, 1.82) is 0 Å². The summed E-state index contributed by atoms with van der Waals surface area (Å²) in [6.07, 6.45) is 0. The molecule has 0 bridgehead atoms. The third-order valence-electron chi connectivity index (χ3n) is 2.30. The Hall–Kier alpha value is -0.770.